The van der Waals surface area contributed by atoms with Crippen molar-refractivity contribution in [1.29, 1.82) is 0 Å². The van der Waals surface area contributed by atoms with E-state index in [-0.39, 0.29) is 12.4 Å². The molecule has 0 amide bonds. The standard InChI is InChI=1S/C13H15N3O3/c14-13(16-18)10-8-12(19-7-3-6-17)15-11-5-2-1-4-9(10)11/h1-2,4-5,8,17-18H,3,6-7H2,(H2,14,16). The van der Waals surface area contributed by atoms with Gasteiger partial charge in [-0.2, -0.15) is 0 Å². The number of nitrogens with zero attached hydrogens (tertiary/aromatic N) is 2. The highest BCUT2D eigenvalue weighted by molar-refractivity contribution is 6.08. The van der Waals surface area contributed by atoms with Crippen molar-refractivity contribution in [1.82, 2.24) is 4.98 Å². The van der Waals surface area contributed by atoms with Crippen molar-refractivity contribution in [2.75, 3.05) is 13.2 Å². The predicted octanol–water partition coefficient (Wildman–Crippen LogP) is 1.09. The van der Waals surface area contributed by atoms with Crippen molar-refractivity contribution in [3.63, 3.8) is 0 Å². The van der Waals surface area contributed by atoms with E-state index in [0.717, 1.165) is 5.39 Å². The van der Waals surface area contributed by atoms with E-state index >= 15 is 0 Å². The molecular weight excluding hydrogens is 246 g/mol. The van der Waals surface area contributed by atoms with Crippen LogP contribution >= 0.6 is 0 Å². The Hall–Kier alpha value is -2.34. The third-order valence-corrected chi connectivity index (χ3v) is 2.63. The lowest BCUT2D eigenvalue weighted by Gasteiger charge is -2.09. The molecular formula is C13H15N3O3. The predicted molar refractivity (Wildman–Crippen MR) is 71.5 cm³/mol. The zero-order valence-corrected chi connectivity index (χ0v) is 10.3. The van der Waals surface area contributed by atoms with Crippen LogP contribution in [0.15, 0.2) is 35.5 Å². The fourth-order valence-electron chi connectivity index (χ4n) is 1.73. The number of aliphatic hydroxyl groups is 1. The van der Waals surface area contributed by atoms with Crippen LogP contribution in [0, 0.1) is 0 Å². The van der Waals surface area contributed by atoms with Crippen LogP contribution in [0.2, 0.25) is 0 Å². The lowest BCUT2D eigenvalue weighted by atomic mass is 10.1. The Morgan fingerprint density at radius 2 is 2.16 bits per heavy atom. The number of fused-ring (bicyclic) bond motifs is 1. The molecule has 1 heterocycles. The molecule has 100 valence electrons. The molecule has 4 N–H and O–H groups in total. The first-order valence-electron chi connectivity index (χ1n) is 5.87. The second kappa shape index (κ2) is 6.01. The molecule has 0 aliphatic heterocycles. The van der Waals surface area contributed by atoms with Crippen LogP contribution in [0.4, 0.5) is 0 Å². The number of oxime groups is 1. The van der Waals surface area contributed by atoms with Crippen molar-refractivity contribution < 1.29 is 15.1 Å². The number of amidine groups is 1. The molecule has 6 heteroatoms. The van der Waals surface area contributed by atoms with Gasteiger partial charge in [-0.3, -0.25) is 0 Å². The zero-order chi connectivity index (χ0) is 13.7. The summed E-state index contributed by atoms with van der Waals surface area (Å²) in [6.07, 6.45) is 0.521. The highest BCUT2D eigenvalue weighted by Gasteiger charge is 2.09. The van der Waals surface area contributed by atoms with Crippen molar-refractivity contribution in [2.24, 2.45) is 10.9 Å². The maximum absolute atomic E-state index is 8.82. The highest BCUT2D eigenvalue weighted by Crippen LogP contribution is 2.21. The summed E-state index contributed by atoms with van der Waals surface area (Å²) in [6.45, 7) is 0.415. The minimum Gasteiger partial charge on any atom is -0.478 e. The molecule has 0 saturated carbocycles. The number of ether oxygens (including phenoxy) is 1. The lowest BCUT2D eigenvalue weighted by molar-refractivity contribution is 0.229. The van der Waals surface area contributed by atoms with E-state index in [0.29, 0.717) is 30.0 Å². The molecule has 2 aromatic rings. The first kappa shape index (κ1) is 13.1. The Labute approximate surface area is 110 Å². The summed E-state index contributed by atoms with van der Waals surface area (Å²) in [5, 5.41) is 21.3. The number of pyridine rings is 1. The molecule has 1 aromatic heterocycles. The monoisotopic (exact) mass is 261 g/mol. The first-order chi connectivity index (χ1) is 9.26. The summed E-state index contributed by atoms with van der Waals surface area (Å²) in [4.78, 5) is 4.33. The van der Waals surface area contributed by atoms with Gasteiger partial charge in [0.1, 0.15) is 0 Å². The summed E-state index contributed by atoms with van der Waals surface area (Å²) in [5.41, 5.74) is 6.92. The van der Waals surface area contributed by atoms with Crippen molar-refractivity contribution >= 4 is 16.7 Å². The maximum Gasteiger partial charge on any atom is 0.214 e. The Balaban J connectivity index is 2.44. The third-order valence-electron chi connectivity index (χ3n) is 2.63. The fourth-order valence-corrected chi connectivity index (χ4v) is 1.73. The molecule has 0 aliphatic carbocycles. The van der Waals surface area contributed by atoms with E-state index in [1.807, 2.05) is 24.3 Å². The topological polar surface area (TPSA) is 101 Å². The van der Waals surface area contributed by atoms with Crippen LogP contribution < -0.4 is 10.5 Å². The lowest BCUT2D eigenvalue weighted by Crippen LogP contribution is -2.14. The molecule has 6 nitrogen and oxygen atoms in total. The smallest absolute Gasteiger partial charge is 0.214 e. The molecule has 1 aromatic carbocycles. The molecule has 19 heavy (non-hydrogen) atoms. The number of rotatable bonds is 5. The van der Waals surface area contributed by atoms with Gasteiger partial charge in [0, 0.05) is 30.0 Å². The van der Waals surface area contributed by atoms with E-state index < -0.39 is 0 Å². The number of para-hydroxylation sites is 1. The Bertz CT molecular complexity index is 599. The molecule has 0 bridgehead atoms. The van der Waals surface area contributed by atoms with Crippen LogP contribution in [0.3, 0.4) is 0 Å². The number of hydrogen-bond acceptors (Lipinski definition) is 5. The highest BCUT2D eigenvalue weighted by atomic mass is 16.5. The van der Waals surface area contributed by atoms with E-state index in [4.69, 9.17) is 20.8 Å². The van der Waals surface area contributed by atoms with E-state index in [9.17, 15) is 0 Å². The third kappa shape index (κ3) is 2.92. The molecule has 0 saturated heterocycles. The summed E-state index contributed by atoms with van der Waals surface area (Å²) >= 11 is 0. The largest absolute Gasteiger partial charge is 0.478 e. The van der Waals surface area contributed by atoms with Crippen LogP contribution in [-0.4, -0.2) is 34.3 Å². The second-order valence-corrected chi connectivity index (χ2v) is 3.94. The molecule has 0 radical (unpaired) electrons. The number of nitrogens with two attached hydrogens (primary N) is 1. The minimum absolute atomic E-state index is 0.00519. The Morgan fingerprint density at radius 1 is 1.37 bits per heavy atom. The van der Waals surface area contributed by atoms with Gasteiger partial charge in [-0.05, 0) is 6.07 Å². The van der Waals surface area contributed by atoms with Crippen LogP contribution in [0.5, 0.6) is 5.88 Å². The van der Waals surface area contributed by atoms with Crippen LogP contribution in [0.25, 0.3) is 10.9 Å². The van der Waals surface area contributed by atoms with E-state index in [1.165, 1.54) is 0 Å². The average Bonchev–Trinajstić information content (AvgIpc) is 2.46. The maximum atomic E-state index is 8.82. The van der Waals surface area contributed by atoms with Gasteiger partial charge in [0.2, 0.25) is 5.88 Å². The summed E-state index contributed by atoms with van der Waals surface area (Å²) < 4.78 is 5.43. The Morgan fingerprint density at radius 3 is 2.89 bits per heavy atom. The SMILES string of the molecule is NC(=NO)c1cc(OCCCO)nc2ccccc12. The van der Waals surface area contributed by atoms with Gasteiger partial charge < -0.3 is 20.8 Å². The number of aliphatic hydroxyl groups excluding tert-OH is 1. The molecule has 0 aliphatic rings. The molecule has 2 rings (SSSR count). The van der Waals surface area contributed by atoms with Crippen molar-refractivity contribution in [2.45, 2.75) is 6.42 Å². The second-order valence-electron chi connectivity index (χ2n) is 3.94. The van der Waals surface area contributed by atoms with Crippen LogP contribution in [0.1, 0.15) is 12.0 Å². The molecule has 0 fully saturated rings. The Kier molecular flexibility index (Phi) is 4.15. The summed E-state index contributed by atoms with van der Waals surface area (Å²) in [6, 6.07) is 8.98. The van der Waals surface area contributed by atoms with E-state index in [1.54, 1.807) is 6.07 Å². The number of hydrogen-bond donors (Lipinski definition) is 3. The van der Waals surface area contributed by atoms with Gasteiger partial charge in [0.15, 0.2) is 5.84 Å². The van der Waals surface area contributed by atoms with Crippen molar-refractivity contribution in [3.8, 4) is 5.88 Å². The first-order valence-corrected chi connectivity index (χ1v) is 5.87. The van der Waals surface area contributed by atoms with Gasteiger partial charge in [-0.15, -0.1) is 0 Å². The number of benzene rings is 1. The minimum atomic E-state index is 0.00519. The van der Waals surface area contributed by atoms with Crippen LogP contribution in [-0.2, 0) is 0 Å². The zero-order valence-electron chi connectivity index (χ0n) is 10.3. The van der Waals surface area contributed by atoms with Gasteiger partial charge >= 0.3 is 0 Å². The fraction of sp³-hybridized carbons (Fsp3) is 0.231. The molecule has 0 spiro atoms. The normalized spacial score (nSPS) is 11.7. The summed E-state index contributed by atoms with van der Waals surface area (Å²) in [7, 11) is 0. The van der Waals surface area contributed by atoms with Gasteiger partial charge in [-0.25, -0.2) is 4.98 Å². The quantitative estimate of drug-likeness (QED) is 0.246. The molecule has 0 atom stereocenters. The van der Waals surface area contributed by atoms with Gasteiger partial charge in [-0.1, -0.05) is 23.4 Å². The average molecular weight is 261 g/mol. The summed E-state index contributed by atoms with van der Waals surface area (Å²) in [5.74, 6) is 0.388. The van der Waals surface area contributed by atoms with Gasteiger partial charge in [0.05, 0.1) is 12.1 Å². The van der Waals surface area contributed by atoms with E-state index in [2.05, 4.69) is 10.1 Å². The number of aromatic nitrogens is 1. The molecule has 0 unspecified atom stereocenters. The van der Waals surface area contributed by atoms with Crippen molar-refractivity contribution in [3.05, 3.63) is 35.9 Å². The van der Waals surface area contributed by atoms with Gasteiger partial charge in [0.25, 0.3) is 0 Å².